The number of esters is 1. The molecule has 1 aromatic heterocycles. The number of hydrogen-bond donors (Lipinski definition) is 2. The number of methoxy groups -OCH3 is 1. The molecule has 0 aliphatic heterocycles. The lowest BCUT2D eigenvalue weighted by molar-refractivity contribution is -0.117. The molecule has 1 rings (SSSR count). The van der Waals surface area contributed by atoms with Crippen molar-refractivity contribution < 1.29 is 18.4 Å². The molecule has 5 nitrogen and oxygen atoms in total. The summed E-state index contributed by atoms with van der Waals surface area (Å²) in [5.74, 6) is -1.26. The first kappa shape index (κ1) is 13.9. The molecule has 1 heterocycles. The SMILES string of the molecule is Cl.[2H]C([2H])([2H])C(NCCC)C(=O)Nc1c(C)csc1C(=O)OC. The Morgan fingerprint density at radius 1 is 1.55 bits per heavy atom. The minimum Gasteiger partial charge on any atom is -0.465 e. The van der Waals surface area contributed by atoms with Crippen LogP contribution in [0.3, 0.4) is 0 Å². The van der Waals surface area contributed by atoms with Gasteiger partial charge in [0.15, 0.2) is 0 Å². The highest BCUT2D eigenvalue weighted by Crippen LogP contribution is 2.28. The largest absolute Gasteiger partial charge is 0.465 e. The van der Waals surface area contributed by atoms with Gasteiger partial charge in [0.25, 0.3) is 0 Å². The standard InChI is InChI=1S/C13H20N2O3S.ClH/c1-5-6-14-9(3)12(16)15-10-8(2)7-19-11(10)13(17)18-4;/h7,9,14H,5-6H2,1-4H3,(H,15,16);1H/i3D3;. The molecule has 20 heavy (non-hydrogen) atoms. The van der Waals surface area contributed by atoms with Crippen LogP contribution in [0.4, 0.5) is 5.69 Å². The maximum absolute atomic E-state index is 12.3. The third-order valence-corrected chi connectivity index (χ3v) is 3.53. The number of ether oxygens (including phenoxy) is 1. The highest BCUT2D eigenvalue weighted by atomic mass is 35.5. The summed E-state index contributed by atoms with van der Waals surface area (Å²) >= 11 is 1.14. The topological polar surface area (TPSA) is 67.4 Å². The van der Waals surface area contributed by atoms with E-state index in [2.05, 4.69) is 15.4 Å². The Balaban J connectivity index is 0.00000484. The zero-order valence-corrected chi connectivity index (χ0v) is 13.2. The average molecular weight is 324 g/mol. The fraction of sp³-hybridized carbons (Fsp3) is 0.538. The second kappa shape index (κ2) is 8.94. The Kier molecular flexibility index (Phi) is 6.19. The zero-order chi connectivity index (χ0) is 16.9. The first-order valence-electron chi connectivity index (χ1n) is 7.43. The number of rotatable bonds is 6. The summed E-state index contributed by atoms with van der Waals surface area (Å²) in [6, 6.07) is -1.34. The molecular weight excluding hydrogens is 300 g/mol. The van der Waals surface area contributed by atoms with E-state index in [-0.39, 0.29) is 17.3 Å². The van der Waals surface area contributed by atoms with E-state index in [1.54, 1.807) is 12.3 Å². The van der Waals surface area contributed by atoms with Crippen LogP contribution in [-0.4, -0.2) is 31.6 Å². The second-order valence-corrected chi connectivity index (χ2v) is 4.87. The third kappa shape index (κ3) is 4.77. The van der Waals surface area contributed by atoms with Crippen LogP contribution in [0.1, 0.15) is 39.5 Å². The predicted molar refractivity (Wildman–Crippen MR) is 84.0 cm³/mol. The minimum atomic E-state index is -2.48. The molecule has 0 saturated carbocycles. The van der Waals surface area contributed by atoms with Gasteiger partial charge in [0, 0.05) is 4.11 Å². The van der Waals surface area contributed by atoms with E-state index in [1.807, 2.05) is 6.92 Å². The van der Waals surface area contributed by atoms with Crippen molar-refractivity contribution in [2.24, 2.45) is 0 Å². The molecule has 1 amide bonds. The van der Waals surface area contributed by atoms with Crippen molar-refractivity contribution in [3.8, 4) is 0 Å². The Morgan fingerprint density at radius 2 is 2.25 bits per heavy atom. The summed E-state index contributed by atoms with van der Waals surface area (Å²) in [6.07, 6.45) is 0.699. The van der Waals surface area contributed by atoms with Crippen LogP contribution in [0.2, 0.25) is 0 Å². The van der Waals surface area contributed by atoms with Crippen molar-refractivity contribution >= 4 is 41.3 Å². The molecule has 1 unspecified atom stereocenters. The maximum Gasteiger partial charge on any atom is 0.350 e. The number of amides is 1. The number of carbonyl (C=O) groups is 2. The van der Waals surface area contributed by atoms with E-state index < -0.39 is 24.8 Å². The summed E-state index contributed by atoms with van der Waals surface area (Å²) in [6.45, 7) is 1.53. The average Bonchev–Trinajstić information content (AvgIpc) is 2.78. The molecule has 0 aliphatic rings. The molecule has 1 atom stereocenters. The Labute approximate surface area is 133 Å². The van der Waals surface area contributed by atoms with Gasteiger partial charge in [0.2, 0.25) is 5.91 Å². The van der Waals surface area contributed by atoms with E-state index in [1.165, 1.54) is 7.11 Å². The van der Waals surface area contributed by atoms with Crippen molar-refractivity contribution in [2.45, 2.75) is 33.2 Å². The summed E-state index contributed by atoms with van der Waals surface area (Å²) in [5, 5.41) is 6.95. The van der Waals surface area contributed by atoms with Gasteiger partial charge in [-0.3, -0.25) is 4.79 Å². The van der Waals surface area contributed by atoms with Gasteiger partial charge in [-0.1, -0.05) is 6.92 Å². The summed E-state index contributed by atoms with van der Waals surface area (Å²) in [4.78, 5) is 24.2. The van der Waals surface area contributed by atoms with E-state index in [0.717, 1.165) is 11.3 Å². The van der Waals surface area contributed by atoms with E-state index in [4.69, 9.17) is 4.11 Å². The normalized spacial score (nSPS) is 14.2. The number of carbonyl (C=O) groups excluding carboxylic acids is 2. The Hall–Kier alpha value is -1.11. The van der Waals surface area contributed by atoms with Gasteiger partial charge >= 0.3 is 5.97 Å². The molecule has 1 aromatic rings. The van der Waals surface area contributed by atoms with E-state index in [0.29, 0.717) is 24.2 Å². The van der Waals surface area contributed by atoms with Crippen LogP contribution in [-0.2, 0) is 9.53 Å². The van der Waals surface area contributed by atoms with Gasteiger partial charge in [0.05, 0.1) is 18.8 Å². The summed E-state index contributed by atoms with van der Waals surface area (Å²) < 4.78 is 27.1. The summed E-state index contributed by atoms with van der Waals surface area (Å²) in [7, 11) is 1.25. The van der Waals surface area contributed by atoms with Gasteiger partial charge in [-0.25, -0.2) is 4.79 Å². The van der Waals surface area contributed by atoms with Crippen LogP contribution in [0.25, 0.3) is 0 Å². The number of halogens is 1. The molecule has 2 N–H and O–H groups in total. The van der Waals surface area contributed by atoms with Crippen molar-refractivity contribution in [1.82, 2.24) is 5.32 Å². The van der Waals surface area contributed by atoms with Crippen LogP contribution in [0.15, 0.2) is 5.38 Å². The lowest BCUT2D eigenvalue weighted by Gasteiger charge is -2.14. The molecule has 0 fully saturated rings. The van der Waals surface area contributed by atoms with Gasteiger partial charge in [-0.15, -0.1) is 23.7 Å². The molecule has 0 bridgehead atoms. The molecule has 0 aromatic carbocycles. The highest BCUT2D eigenvalue weighted by molar-refractivity contribution is 7.12. The maximum atomic E-state index is 12.3. The highest BCUT2D eigenvalue weighted by Gasteiger charge is 2.20. The van der Waals surface area contributed by atoms with Crippen molar-refractivity contribution in [2.75, 3.05) is 19.0 Å². The number of nitrogens with one attached hydrogen (secondary N) is 2. The van der Waals surface area contributed by atoms with Gasteiger partial charge in [-0.05, 0) is 37.7 Å². The van der Waals surface area contributed by atoms with Gasteiger partial charge in [-0.2, -0.15) is 0 Å². The minimum absolute atomic E-state index is 0. The predicted octanol–water partition coefficient (Wildman–Crippen LogP) is 2.59. The number of aryl methyl sites for hydroxylation is 1. The third-order valence-electron chi connectivity index (χ3n) is 2.45. The Morgan fingerprint density at radius 3 is 2.80 bits per heavy atom. The lowest BCUT2D eigenvalue weighted by atomic mass is 10.2. The molecule has 0 saturated heterocycles. The molecule has 114 valence electrons. The molecular formula is C13H21ClN2O3S. The number of thiophene rings is 1. The van der Waals surface area contributed by atoms with Crippen LogP contribution in [0, 0.1) is 6.92 Å². The fourth-order valence-corrected chi connectivity index (χ4v) is 2.34. The number of anilines is 1. The van der Waals surface area contributed by atoms with Gasteiger partial charge < -0.3 is 15.4 Å². The van der Waals surface area contributed by atoms with Crippen molar-refractivity contribution in [3.05, 3.63) is 15.8 Å². The summed E-state index contributed by atoms with van der Waals surface area (Å²) in [5.41, 5.74) is 0.980. The number of hydrogen-bond acceptors (Lipinski definition) is 5. The molecule has 0 spiro atoms. The van der Waals surface area contributed by atoms with Crippen LogP contribution < -0.4 is 10.6 Å². The first-order chi connectivity index (χ1) is 10.2. The smallest absolute Gasteiger partial charge is 0.350 e. The molecule has 7 heteroatoms. The van der Waals surface area contributed by atoms with E-state index in [9.17, 15) is 9.59 Å². The first-order valence-corrected chi connectivity index (χ1v) is 6.81. The van der Waals surface area contributed by atoms with E-state index >= 15 is 0 Å². The quantitative estimate of drug-likeness (QED) is 0.790. The monoisotopic (exact) mass is 323 g/mol. The second-order valence-electron chi connectivity index (χ2n) is 3.99. The molecule has 0 radical (unpaired) electrons. The zero-order valence-electron chi connectivity index (χ0n) is 14.6. The van der Waals surface area contributed by atoms with Crippen molar-refractivity contribution in [1.29, 1.82) is 0 Å². The van der Waals surface area contributed by atoms with Gasteiger partial charge in [0.1, 0.15) is 4.88 Å². The van der Waals surface area contributed by atoms with Crippen LogP contribution >= 0.6 is 23.7 Å². The lowest BCUT2D eigenvalue weighted by Crippen LogP contribution is -2.38. The molecule has 0 aliphatic carbocycles. The Bertz CT molecular complexity index is 549. The fourth-order valence-electron chi connectivity index (χ4n) is 1.42. The van der Waals surface area contributed by atoms with Crippen LogP contribution in [0.5, 0.6) is 0 Å². The van der Waals surface area contributed by atoms with Crippen molar-refractivity contribution in [3.63, 3.8) is 0 Å².